The number of hydrogen-bond donors (Lipinski definition) is 0. The van der Waals surface area contributed by atoms with E-state index >= 15 is 0 Å². The van der Waals surface area contributed by atoms with Crippen LogP contribution in [0.1, 0.15) is 30.5 Å². The van der Waals surface area contributed by atoms with Crippen molar-refractivity contribution in [3.05, 3.63) is 71.8 Å². The molecular weight excluding hydrogens is 340 g/mol. The van der Waals surface area contributed by atoms with Crippen LogP contribution in [0, 0.1) is 0 Å². The Balaban J connectivity index is 1.51. The van der Waals surface area contributed by atoms with E-state index in [0.717, 1.165) is 28.3 Å². The molecule has 0 aromatic heterocycles. The van der Waals surface area contributed by atoms with Crippen molar-refractivity contribution < 1.29 is 14.3 Å². The molecule has 1 amide bonds. The van der Waals surface area contributed by atoms with Crippen molar-refractivity contribution in [2.24, 2.45) is 5.10 Å². The normalized spacial score (nSPS) is 18.0. The Labute approximate surface area is 156 Å². The van der Waals surface area contributed by atoms with Crippen molar-refractivity contribution in [1.82, 2.24) is 5.01 Å². The Kier molecular flexibility index (Phi) is 3.60. The molecule has 1 atom stereocenters. The summed E-state index contributed by atoms with van der Waals surface area (Å²) < 4.78 is 10.9. The molecule has 2 aliphatic rings. The van der Waals surface area contributed by atoms with Gasteiger partial charge in [0.1, 0.15) is 0 Å². The third kappa shape index (κ3) is 2.72. The van der Waals surface area contributed by atoms with Gasteiger partial charge in [-0.1, -0.05) is 42.5 Å². The van der Waals surface area contributed by atoms with E-state index in [0.29, 0.717) is 6.42 Å². The molecule has 27 heavy (non-hydrogen) atoms. The summed E-state index contributed by atoms with van der Waals surface area (Å²) in [6.45, 7) is 1.78. The zero-order valence-corrected chi connectivity index (χ0v) is 14.9. The number of fused-ring (bicyclic) bond motifs is 2. The van der Waals surface area contributed by atoms with Crippen molar-refractivity contribution in [3.8, 4) is 11.5 Å². The van der Waals surface area contributed by atoms with Gasteiger partial charge in [0.25, 0.3) is 0 Å². The molecule has 1 unspecified atom stereocenters. The molecule has 5 nitrogen and oxygen atoms in total. The Bertz CT molecular complexity index is 1090. The summed E-state index contributed by atoms with van der Waals surface area (Å²) in [5, 5.41) is 8.57. The fraction of sp³-hybridized carbons (Fsp3) is 0.182. The number of ether oxygens (including phenoxy) is 2. The number of carbonyl (C=O) groups excluding carboxylic acids is 1. The number of hydrogen-bond acceptors (Lipinski definition) is 4. The largest absolute Gasteiger partial charge is 0.454 e. The fourth-order valence-corrected chi connectivity index (χ4v) is 3.72. The van der Waals surface area contributed by atoms with Crippen LogP contribution in [-0.4, -0.2) is 23.4 Å². The third-order valence-corrected chi connectivity index (χ3v) is 5.10. The second kappa shape index (κ2) is 6.13. The van der Waals surface area contributed by atoms with Crippen LogP contribution >= 0.6 is 0 Å². The number of amides is 1. The number of hydrazone groups is 1. The van der Waals surface area contributed by atoms with Crippen molar-refractivity contribution in [3.63, 3.8) is 0 Å². The lowest BCUT2D eigenvalue weighted by Gasteiger charge is -2.20. The Morgan fingerprint density at radius 3 is 2.67 bits per heavy atom. The molecule has 0 N–H and O–H groups in total. The van der Waals surface area contributed by atoms with Crippen molar-refractivity contribution in [2.45, 2.75) is 19.4 Å². The third-order valence-electron chi connectivity index (χ3n) is 5.10. The number of benzene rings is 3. The first kappa shape index (κ1) is 15.9. The van der Waals surface area contributed by atoms with Gasteiger partial charge in [-0.2, -0.15) is 5.10 Å². The van der Waals surface area contributed by atoms with E-state index in [2.05, 4.69) is 35.4 Å². The lowest BCUT2D eigenvalue weighted by molar-refractivity contribution is -0.130. The molecule has 0 saturated heterocycles. The van der Waals surface area contributed by atoms with Crippen LogP contribution in [0.5, 0.6) is 11.5 Å². The van der Waals surface area contributed by atoms with Gasteiger partial charge < -0.3 is 9.47 Å². The van der Waals surface area contributed by atoms with E-state index in [4.69, 9.17) is 9.47 Å². The van der Waals surface area contributed by atoms with Gasteiger partial charge in [-0.25, -0.2) is 5.01 Å². The van der Waals surface area contributed by atoms with Gasteiger partial charge in [0.15, 0.2) is 11.5 Å². The predicted octanol–water partition coefficient (Wildman–Crippen LogP) is 4.27. The second-order valence-corrected chi connectivity index (χ2v) is 6.80. The van der Waals surface area contributed by atoms with Crippen LogP contribution in [0.4, 0.5) is 0 Å². The molecule has 0 spiro atoms. The molecule has 0 bridgehead atoms. The molecule has 0 aliphatic carbocycles. The van der Waals surface area contributed by atoms with Crippen molar-refractivity contribution >= 4 is 22.4 Å². The lowest BCUT2D eigenvalue weighted by Crippen LogP contribution is -2.24. The SMILES string of the molecule is CC(=O)N1N=C(c2ccc3ccccc3c2)CC1c1ccc2c(c1)OCO2. The van der Waals surface area contributed by atoms with Crippen LogP contribution in [0.15, 0.2) is 65.8 Å². The topological polar surface area (TPSA) is 51.1 Å². The highest BCUT2D eigenvalue weighted by Crippen LogP contribution is 2.39. The van der Waals surface area contributed by atoms with E-state index in [9.17, 15) is 4.79 Å². The number of carbonyl (C=O) groups is 1. The molecule has 5 rings (SSSR count). The van der Waals surface area contributed by atoms with Crippen LogP contribution in [0.2, 0.25) is 0 Å². The maximum atomic E-state index is 12.2. The van der Waals surface area contributed by atoms with Gasteiger partial charge in [0.2, 0.25) is 12.7 Å². The van der Waals surface area contributed by atoms with Crippen molar-refractivity contribution in [2.75, 3.05) is 6.79 Å². The minimum Gasteiger partial charge on any atom is -0.454 e. The van der Waals surface area contributed by atoms with Gasteiger partial charge >= 0.3 is 0 Å². The van der Waals surface area contributed by atoms with Crippen LogP contribution in [0.3, 0.4) is 0 Å². The summed E-state index contributed by atoms with van der Waals surface area (Å²) in [4.78, 5) is 12.2. The average Bonchev–Trinajstić information content (AvgIpc) is 3.34. The Morgan fingerprint density at radius 2 is 1.81 bits per heavy atom. The summed E-state index contributed by atoms with van der Waals surface area (Å²) in [6, 6.07) is 20.2. The highest BCUT2D eigenvalue weighted by Gasteiger charge is 2.32. The average molecular weight is 358 g/mol. The predicted molar refractivity (Wildman–Crippen MR) is 103 cm³/mol. The summed E-state index contributed by atoms with van der Waals surface area (Å²) in [5.74, 6) is 1.38. The Hall–Kier alpha value is -3.34. The summed E-state index contributed by atoms with van der Waals surface area (Å²) >= 11 is 0. The van der Waals surface area contributed by atoms with Gasteiger partial charge in [-0.05, 0) is 40.1 Å². The van der Waals surface area contributed by atoms with Gasteiger partial charge in [-0.3, -0.25) is 4.79 Å². The zero-order chi connectivity index (χ0) is 18.4. The van der Waals surface area contributed by atoms with Gasteiger partial charge in [0.05, 0.1) is 11.8 Å². The molecule has 0 saturated carbocycles. The number of rotatable bonds is 2. The molecular formula is C22H18N2O3. The zero-order valence-electron chi connectivity index (χ0n) is 14.9. The molecule has 2 heterocycles. The molecule has 5 heteroatoms. The van der Waals surface area contributed by atoms with Crippen LogP contribution in [0.25, 0.3) is 10.8 Å². The first-order chi connectivity index (χ1) is 13.2. The first-order valence-electron chi connectivity index (χ1n) is 8.95. The van der Waals surface area contributed by atoms with Crippen LogP contribution in [-0.2, 0) is 4.79 Å². The maximum absolute atomic E-state index is 12.2. The minimum absolute atomic E-state index is 0.0755. The van der Waals surface area contributed by atoms with E-state index in [1.165, 1.54) is 10.8 Å². The Morgan fingerprint density at radius 1 is 1.00 bits per heavy atom. The van der Waals surface area contributed by atoms with Gasteiger partial charge in [0, 0.05) is 13.3 Å². The monoisotopic (exact) mass is 358 g/mol. The molecule has 134 valence electrons. The minimum atomic E-state index is -0.140. The summed E-state index contributed by atoms with van der Waals surface area (Å²) in [6.07, 6.45) is 0.664. The molecule has 3 aromatic rings. The van der Waals surface area contributed by atoms with E-state index in [1.807, 2.05) is 30.3 Å². The quantitative estimate of drug-likeness (QED) is 0.687. The highest BCUT2D eigenvalue weighted by molar-refractivity contribution is 6.05. The van der Waals surface area contributed by atoms with E-state index in [1.54, 1.807) is 11.9 Å². The molecule has 3 aromatic carbocycles. The molecule has 0 fully saturated rings. The smallest absolute Gasteiger partial charge is 0.240 e. The van der Waals surface area contributed by atoms with Crippen LogP contribution < -0.4 is 9.47 Å². The first-order valence-corrected chi connectivity index (χ1v) is 8.95. The maximum Gasteiger partial charge on any atom is 0.240 e. The lowest BCUT2D eigenvalue weighted by atomic mass is 9.96. The van der Waals surface area contributed by atoms with E-state index in [-0.39, 0.29) is 18.7 Å². The summed E-state index contributed by atoms with van der Waals surface area (Å²) in [5.41, 5.74) is 2.95. The highest BCUT2D eigenvalue weighted by atomic mass is 16.7. The fourth-order valence-electron chi connectivity index (χ4n) is 3.72. The second-order valence-electron chi connectivity index (χ2n) is 6.80. The molecule has 0 radical (unpaired) electrons. The number of nitrogens with zero attached hydrogens (tertiary/aromatic N) is 2. The standard InChI is InChI=1S/C22H18N2O3/c1-14(25)24-20(18-8-9-21-22(11-18)27-13-26-21)12-19(23-24)17-7-6-15-4-2-3-5-16(15)10-17/h2-11,20H,12-13H2,1H3. The molecule has 2 aliphatic heterocycles. The summed E-state index contributed by atoms with van der Waals surface area (Å²) in [7, 11) is 0. The van der Waals surface area contributed by atoms with Crippen molar-refractivity contribution in [1.29, 1.82) is 0 Å². The van der Waals surface area contributed by atoms with E-state index < -0.39 is 0 Å². The van der Waals surface area contributed by atoms with Gasteiger partial charge in [-0.15, -0.1) is 0 Å².